The normalized spacial score (nSPS) is 23.1. The van der Waals surface area contributed by atoms with E-state index in [1.165, 1.54) is 0 Å². The van der Waals surface area contributed by atoms with Crippen molar-refractivity contribution in [2.45, 2.75) is 59.9 Å². The highest BCUT2D eigenvalue weighted by Crippen LogP contribution is 2.22. The van der Waals surface area contributed by atoms with Crippen LogP contribution >= 0.6 is 0 Å². The zero-order valence-corrected chi connectivity index (χ0v) is 14.8. The molecular formula is C17H32N2O3. The van der Waals surface area contributed by atoms with Crippen LogP contribution in [0.1, 0.15) is 53.9 Å². The molecule has 0 radical (unpaired) electrons. The van der Waals surface area contributed by atoms with Crippen LogP contribution in [0.5, 0.6) is 0 Å². The summed E-state index contributed by atoms with van der Waals surface area (Å²) >= 11 is 0. The van der Waals surface area contributed by atoms with E-state index in [4.69, 9.17) is 4.74 Å². The summed E-state index contributed by atoms with van der Waals surface area (Å²) in [6.45, 7) is 13.0. The minimum atomic E-state index is -0.385. The zero-order valence-electron chi connectivity index (χ0n) is 14.8. The summed E-state index contributed by atoms with van der Waals surface area (Å²) in [5.41, 5.74) is -0.385. The summed E-state index contributed by atoms with van der Waals surface area (Å²) in [6, 6.07) is 0.117. The number of rotatable bonds is 6. The molecule has 1 amide bonds. The lowest BCUT2D eigenvalue weighted by molar-refractivity contribution is -0.144. The molecule has 1 aliphatic rings. The molecule has 0 aromatic carbocycles. The summed E-state index contributed by atoms with van der Waals surface area (Å²) in [7, 11) is 0. The molecule has 1 heterocycles. The minimum Gasteiger partial charge on any atom is -0.466 e. The summed E-state index contributed by atoms with van der Waals surface area (Å²) in [4.78, 5) is 26.3. The fourth-order valence-corrected chi connectivity index (χ4v) is 2.91. The van der Waals surface area contributed by atoms with Gasteiger partial charge in [-0.1, -0.05) is 27.7 Å². The van der Waals surface area contributed by atoms with Crippen LogP contribution in [0.2, 0.25) is 0 Å². The molecule has 0 aromatic heterocycles. The largest absolute Gasteiger partial charge is 0.466 e. The highest BCUT2D eigenvalue weighted by Gasteiger charge is 2.31. The molecule has 0 aliphatic carbocycles. The van der Waals surface area contributed by atoms with Crippen LogP contribution < -0.4 is 5.32 Å². The maximum Gasteiger partial charge on any atom is 0.306 e. The van der Waals surface area contributed by atoms with E-state index in [0.29, 0.717) is 13.0 Å². The van der Waals surface area contributed by atoms with Crippen molar-refractivity contribution >= 4 is 11.9 Å². The Kier molecular flexibility index (Phi) is 7.33. The lowest BCUT2D eigenvalue weighted by Crippen LogP contribution is -2.53. The van der Waals surface area contributed by atoms with Gasteiger partial charge in [0.25, 0.3) is 0 Å². The van der Waals surface area contributed by atoms with Crippen molar-refractivity contribution in [3.8, 4) is 0 Å². The van der Waals surface area contributed by atoms with E-state index < -0.39 is 0 Å². The Morgan fingerprint density at radius 1 is 1.23 bits per heavy atom. The Morgan fingerprint density at radius 2 is 1.91 bits per heavy atom. The molecule has 2 atom stereocenters. The summed E-state index contributed by atoms with van der Waals surface area (Å²) in [5.74, 6) is 0.196. The van der Waals surface area contributed by atoms with Crippen LogP contribution in [-0.2, 0) is 14.3 Å². The van der Waals surface area contributed by atoms with Gasteiger partial charge in [-0.15, -0.1) is 0 Å². The molecule has 128 valence electrons. The van der Waals surface area contributed by atoms with Gasteiger partial charge in [0.05, 0.1) is 6.61 Å². The van der Waals surface area contributed by atoms with Crippen LogP contribution in [0, 0.1) is 11.3 Å². The molecular weight excluding hydrogens is 280 g/mol. The molecule has 1 fully saturated rings. The van der Waals surface area contributed by atoms with E-state index in [0.717, 1.165) is 32.5 Å². The van der Waals surface area contributed by atoms with Gasteiger partial charge in [0, 0.05) is 31.0 Å². The minimum absolute atomic E-state index is 0.0748. The van der Waals surface area contributed by atoms with Gasteiger partial charge in [0.2, 0.25) is 5.91 Å². The Hall–Kier alpha value is -1.10. The standard InChI is InChI=1S/C17H32N2O3/c1-6-8-19-11-13(10-15(20)22-7-2)9-14(12-19)18-16(21)17(3,4)5/h13-14H,6-12H2,1-5H3,(H,18,21). The van der Waals surface area contributed by atoms with Gasteiger partial charge in [0.1, 0.15) is 0 Å². The van der Waals surface area contributed by atoms with E-state index in [1.807, 2.05) is 27.7 Å². The monoisotopic (exact) mass is 312 g/mol. The molecule has 1 N–H and O–H groups in total. The quantitative estimate of drug-likeness (QED) is 0.764. The van der Waals surface area contributed by atoms with Gasteiger partial charge in [-0.2, -0.15) is 0 Å². The average Bonchev–Trinajstić information content (AvgIpc) is 2.37. The van der Waals surface area contributed by atoms with Crippen molar-refractivity contribution in [3.05, 3.63) is 0 Å². The first kappa shape index (κ1) is 18.9. The van der Waals surface area contributed by atoms with Crippen molar-refractivity contribution in [2.24, 2.45) is 11.3 Å². The number of nitrogens with one attached hydrogen (secondary N) is 1. The number of likely N-dealkylation sites (tertiary alicyclic amines) is 1. The third-order valence-electron chi connectivity index (χ3n) is 3.93. The number of ether oxygens (including phenoxy) is 1. The molecule has 5 nitrogen and oxygen atoms in total. The second kappa shape index (κ2) is 8.51. The Morgan fingerprint density at radius 3 is 2.45 bits per heavy atom. The van der Waals surface area contributed by atoms with Crippen molar-refractivity contribution in [1.82, 2.24) is 10.2 Å². The molecule has 0 spiro atoms. The van der Waals surface area contributed by atoms with E-state index in [-0.39, 0.29) is 29.3 Å². The first-order valence-corrected chi connectivity index (χ1v) is 8.45. The Balaban J connectivity index is 2.64. The highest BCUT2D eigenvalue weighted by molar-refractivity contribution is 5.81. The highest BCUT2D eigenvalue weighted by atomic mass is 16.5. The molecule has 22 heavy (non-hydrogen) atoms. The number of carbonyl (C=O) groups is 2. The first-order valence-electron chi connectivity index (χ1n) is 8.45. The molecule has 0 saturated carbocycles. The van der Waals surface area contributed by atoms with Gasteiger partial charge in [0.15, 0.2) is 0 Å². The molecule has 1 saturated heterocycles. The average molecular weight is 312 g/mol. The summed E-state index contributed by atoms with van der Waals surface area (Å²) < 4.78 is 5.07. The van der Waals surface area contributed by atoms with E-state index in [2.05, 4.69) is 17.1 Å². The fourth-order valence-electron chi connectivity index (χ4n) is 2.91. The Labute approximate surface area is 134 Å². The second-order valence-corrected chi connectivity index (χ2v) is 7.29. The lowest BCUT2D eigenvalue weighted by Gasteiger charge is -2.38. The van der Waals surface area contributed by atoms with Gasteiger partial charge < -0.3 is 15.0 Å². The SMILES string of the molecule is CCCN1CC(CC(=O)OCC)CC(NC(=O)C(C)(C)C)C1. The smallest absolute Gasteiger partial charge is 0.306 e. The first-order chi connectivity index (χ1) is 10.3. The van der Waals surface area contributed by atoms with E-state index in [1.54, 1.807) is 0 Å². The number of esters is 1. The number of hydrogen-bond donors (Lipinski definition) is 1. The maximum absolute atomic E-state index is 12.2. The summed E-state index contributed by atoms with van der Waals surface area (Å²) in [6.07, 6.45) is 2.36. The second-order valence-electron chi connectivity index (χ2n) is 7.29. The van der Waals surface area contributed by atoms with Crippen molar-refractivity contribution in [2.75, 3.05) is 26.2 Å². The van der Waals surface area contributed by atoms with Crippen molar-refractivity contribution in [1.29, 1.82) is 0 Å². The van der Waals surface area contributed by atoms with E-state index in [9.17, 15) is 9.59 Å². The predicted molar refractivity (Wildman–Crippen MR) is 87.5 cm³/mol. The molecule has 0 aromatic rings. The number of amides is 1. The zero-order chi connectivity index (χ0) is 16.8. The van der Waals surface area contributed by atoms with Crippen LogP contribution in [0.15, 0.2) is 0 Å². The molecule has 0 bridgehead atoms. The number of piperidine rings is 1. The summed E-state index contributed by atoms with van der Waals surface area (Å²) in [5, 5.41) is 3.15. The van der Waals surface area contributed by atoms with Crippen molar-refractivity contribution in [3.63, 3.8) is 0 Å². The number of carbonyl (C=O) groups excluding carboxylic acids is 2. The van der Waals surface area contributed by atoms with Crippen molar-refractivity contribution < 1.29 is 14.3 Å². The fraction of sp³-hybridized carbons (Fsp3) is 0.882. The molecule has 1 rings (SSSR count). The third-order valence-corrected chi connectivity index (χ3v) is 3.93. The predicted octanol–water partition coefficient (Wildman–Crippen LogP) is 2.20. The van der Waals surface area contributed by atoms with Gasteiger partial charge in [-0.25, -0.2) is 0 Å². The van der Waals surface area contributed by atoms with E-state index >= 15 is 0 Å². The van der Waals surface area contributed by atoms with Gasteiger partial charge in [-0.05, 0) is 32.2 Å². The maximum atomic E-state index is 12.2. The van der Waals surface area contributed by atoms with Crippen LogP contribution in [0.3, 0.4) is 0 Å². The number of nitrogens with zero attached hydrogens (tertiary/aromatic N) is 1. The molecule has 1 aliphatic heterocycles. The van der Waals surface area contributed by atoms with Gasteiger partial charge >= 0.3 is 5.97 Å². The molecule has 5 heteroatoms. The lowest BCUT2D eigenvalue weighted by atomic mass is 9.89. The molecule has 2 unspecified atom stereocenters. The third kappa shape index (κ3) is 6.34. The van der Waals surface area contributed by atoms with Crippen LogP contribution in [-0.4, -0.2) is 49.1 Å². The van der Waals surface area contributed by atoms with Gasteiger partial charge in [-0.3, -0.25) is 9.59 Å². The van der Waals surface area contributed by atoms with Crippen LogP contribution in [0.25, 0.3) is 0 Å². The van der Waals surface area contributed by atoms with Crippen LogP contribution in [0.4, 0.5) is 0 Å². The Bertz CT molecular complexity index is 377. The number of hydrogen-bond acceptors (Lipinski definition) is 4. The topological polar surface area (TPSA) is 58.6 Å².